The number of ether oxygens (including phenoxy) is 1. The average Bonchev–Trinajstić information content (AvgIpc) is 3.00. The van der Waals surface area contributed by atoms with Crippen molar-refractivity contribution in [1.82, 2.24) is 14.5 Å². The second-order valence-corrected chi connectivity index (χ2v) is 15.4. The summed E-state index contributed by atoms with van der Waals surface area (Å²) >= 11 is 0. The Morgan fingerprint density at radius 1 is 0.851 bits per heavy atom. The van der Waals surface area contributed by atoms with Crippen LogP contribution in [0, 0.1) is 20.2 Å². The number of hydrogen-bond acceptors (Lipinski definition) is 12. The minimum Gasteiger partial charge on any atom is -0.444 e. The van der Waals surface area contributed by atoms with E-state index in [0.29, 0.717) is 17.1 Å². The van der Waals surface area contributed by atoms with Crippen LogP contribution >= 0.6 is 0 Å². The standard InChI is InChI=1S/C28H35N5O12S2/c1-28(2,3)44-27(35)30-16-14-19(15-17-30)29-26(34)23-13-12-20(45-47(42,43)25-11-7-5-9-22(25)33(38)39)18-31(23)46(40,41)24-10-6-4-8-21(24)32(36)37/h4-11,19-20,23H,12-18H2,1-3H3,(H,29,34). The molecule has 47 heavy (non-hydrogen) atoms. The van der Waals surface area contributed by atoms with Gasteiger partial charge in [0.25, 0.3) is 21.4 Å². The number of carbonyl (C=O) groups excluding carboxylic acids is 2. The minimum atomic E-state index is -4.81. The number of nitrogens with one attached hydrogen (secondary N) is 1. The Kier molecular flexibility index (Phi) is 10.5. The third kappa shape index (κ3) is 8.40. The van der Waals surface area contributed by atoms with Gasteiger partial charge in [0.15, 0.2) is 9.79 Å². The molecule has 2 aliphatic rings. The zero-order chi connectivity index (χ0) is 34.7. The van der Waals surface area contributed by atoms with Crippen molar-refractivity contribution in [3.63, 3.8) is 0 Å². The van der Waals surface area contributed by atoms with E-state index in [9.17, 15) is 46.7 Å². The van der Waals surface area contributed by atoms with Crippen molar-refractivity contribution < 1.29 is 45.2 Å². The number of sulfonamides is 1. The lowest BCUT2D eigenvalue weighted by Crippen LogP contribution is -2.58. The minimum absolute atomic E-state index is 0.141. The van der Waals surface area contributed by atoms with E-state index in [2.05, 4.69) is 5.32 Å². The summed E-state index contributed by atoms with van der Waals surface area (Å²) in [5.41, 5.74) is -2.19. The molecule has 0 aliphatic carbocycles. The highest BCUT2D eigenvalue weighted by molar-refractivity contribution is 7.89. The molecule has 0 aromatic heterocycles. The summed E-state index contributed by atoms with van der Waals surface area (Å²) in [7, 11) is -9.60. The highest BCUT2D eigenvalue weighted by atomic mass is 32.2. The van der Waals surface area contributed by atoms with Gasteiger partial charge in [0.1, 0.15) is 11.6 Å². The molecular formula is C28H35N5O12S2. The maximum atomic E-state index is 14.0. The Bertz CT molecular complexity index is 1750. The van der Waals surface area contributed by atoms with Gasteiger partial charge in [-0.1, -0.05) is 24.3 Å². The number of benzene rings is 2. The number of piperidine rings is 2. The SMILES string of the molecule is CC(C)(C)OC(=O)N1CCC(NC(=O)C2CCC(OS(=O)(=O)c3ccccc3[N+](=O)[O-])CN2S(=O)(=O)c2ccccc2[N+](=O)[O-])CC1. The molecule has 2 aliphatic heterocycles. The largest absolute Gasteiger partial charge is 0.444 e. The maximum absolute atomic E-state index is 14.0. The first-order valence-electron chi connectivity index (χ1n) is 14.6. The van der Waals surface area contributed by atoms with Gasteiger partial charge in [0.05, 0.1) is 16.0 Å². The molecule has 0 spiro atoms. The van der Waals surface area contributed by atoms with Crippen LogP contribution in [0.25, 0.3) is 0 Å². The number of para-hydroxylation sites is 2. The number of amides is 2. The molecule has 0 bridgehead atoms. The van der Waals surface area contributed by atoms with E-state index in [1.807, 2.05) is 0 Å². The summed E-state index contributed by atoms with van der Waals surface area (Å²) in [6.45, 7) is 5.04. The molecule has 2 unspecified atom stereocenters. The fourth-order valence-electron chi connectivity index (χ4n) is 5.35. The van der Waals surface area contributed by atoms with Crippen LogP contribution in [0.5, 0.6) is 0 Å². The highest BCUT2D eigenvalue weighted by Gasteiger charge is 2.45. The summed E-state index contributed by atoms with van der Waals surface area (Å²) < 4.78 is 65.5. The molecule has 256 valence electrons. The van der Waals surface area contributed by atoms with Crippen molar-refractivity contribution in [3.05, 3.63) is 68.8 Å². The molecule has 17 nitrogen and oxygen atoms in total. The van der Waals surface area contributed by atoms with Crippen molar-refractivity contribution in [2.75, 3.05) is 19.6 Å². The summed E-state index contributed by atoms with van der Waals surface area (Å²) in [5, 5.41) is 26.0. The average molecular weight is 698 g/mol. The number of likely N-dealkylation sites (tertiary alicyclic amines) is 1. The van der Waals surface area contributed by atoms with Gasteiger partial charge in [-0.25, -0.2) is 13.2 Å². The Morgan fingerprint density at radius 2 is 1.38 bits per heavy atom. The normalized spacial score (nSPS) is 19.9. The van der Waals surface area contributed by atoms with Crippen molar-refractivity contribution in [1.29, 1.82) is 0 Å². The predicted molar refractivity (Wildman–Crippen MR) is 164 cm³/mol. The summed E-state index contributed by atoms with van der Waals surface area (Å²) in [4.78, 5) is 47.5. The lowest BCUT2D eigenvalue weighted by molar-refractivity contribution is -0.388. The van der Waals surface area contributed by atoms with Crippen LogP contribution in [-0.4, -0.2) is 91.3 Å². The maximum Gasteiger partial charge on any atom is 0.410 e. The molecule has 2 aromatic carbocycles. The highest BCUT2D eigenvalue weighted by Crippen LogP contribution is 2.34. The van der Waals surface area contributed by atoms with E-state index in [1.165, 1.54) is 29.2 Å². The van der Waals surface area contributed by atoms with Gasteiger partial charge in [-0.2, -0.15) is 12.7 Å². The van der Waals surface area contributed by atoms with Crippen molar-refractivity contribution >= 4 is 43.5 Å². The molecule has 2 heterocycles. The summed E-state index contributed by atoms with van der Waals surface area (Å²) in [5.74, 6) is -0.720. The molecule has 2 atom stereocenters. The second kappa shape index (κ2) is 13.9. The third-order valence-electron chi connectivity index (χ3n) is 7.53. The van der Waals surface area contributed by atoms with Crippen LogP contribution in [0.3, 0.4) is 0 Å². The Hall–Kier alpha value is -4.20. The molecule has 4 rings (SSSR count). The molecule has 2 amide bonds. The van der Waals surface area contributed by atoms with Crippen molar-refractivity contribution in [2.45, 2.75) is 80.0 Å². The lowest BCUT2D eigenvalue weighted by atomic mass is 10.00. The predicted octanol–water partition coefficient (Wildman–Crippen LogP) is 2.95. The number of carbonyl (C=O) groups is 2. The van der Waals surface area contributed by atoms with E-state index in [4.69, 9.17) is 8.92 Å². The van der Waals surface area contributed by atoms with Crippen LogP contribution < -0.4 is 5.32 Å². The van der Waals surface area contributed by atoms with Gasteiger partial charge in [-0.15, -0.1) is 0 Å². The first-order chi connectivity index (χ1) is 21.9. The van der Waals surface area contributed by atoms with E-state index < -0.39 is 93.5 Å². The molecule has 0 saturated carbocycles. The zero-order valence-corrected chi connectivity index (χ0v) is 27.4. The molecule has 0 radical (unpaired) electrons. The monoisotopic (exact) mass is 697 g/mol. The van der Waals surface area contributed by atoms with E-state index in [-0.39, 0.29) is 25.9 Å². The topological polar surface area (TPSA) is 226 Å². The number of rotatable bonds is 9. The molecule has 19 heteroatoms. The quantitative estimate of drug-likeness (QED) is 0.227. The number of nitro groups is 2. The number of nitro benzene ring substituents is 2. The van der Waals surface area contributed by atoms with Crippen LogP contribution in [0.15, 0.2) is 58.3 Å². The lowest BCUT2D eigenvalue weighted by Gasteiger charge is -2.38. The molecule has 1 N–H and O–H groups in total. The molecule has 2 aromatic rings. The van der Waals surface area contributed by atoms with E-state index in [0.717, 1.165) is 24.3 Å². The molecule has 2 fully saturated rings. The van der Waals surface area contributed by atoms with Crippen molar-refractivity contribution in [3.8, 4) is 0 Å². The fourth-order valence-corrected chi connectivity index (χ4v) is 8.42. The fraction of sp³-hybridized carbons (Fsp3) is 0.500. The Morgan fingerprint density at radius 3 is 1.94 bits per heavy atom. The van der Waals surface area contributed by atoms with Crippen LogP contribution in [0.4, 0.5) is 16.2 Å². The smallest absolute Gasteiger partial charge is 0.410 e. The second-order valence-electron chi connectivity index (χ2n) is 12.0. The van der Waals surface area contributed by atoms with Crippen LogP contribution in [0.2, 0.25) is 0 Å². The summed E-state index contributed by atoms with van der Waals surface area (Å²) in [6, 6.07) is 7.15. The van der Waals surface area contributed by atoms with Gasteiger partial charge in [0, 0.05) is 37.8 Å². The van der Waals surface area contributed by atoms with E-state index >= 15 is 0 Å². The Labute approximate surface area is 271 Å². The van der Waals surface area contributed by atoms with Gasteiger partial charge in [0.2, 0.25) is 5.91 Å². The zero-order valence-electron chi connectivity index (χ0n) is 25.8. The molecular weight excluding hydrogens is 662 g/mol. The van der Waals surface area contributed by atoms with Crippen molar-refractivity contribution in [2.24, 2.45) is 0 Å². The molecule has 2 saturated heterocycles. The number of hydrogen-bond donors (Lipinski definition) is 1. The van der Waals surface area contributed by atoms with Gasteiger partial charge < -0.3 is 15.0 Å². The van der Waals surface area contributed by atoms with Gasteiger partial charge in [-0.05, 0) is 58.6 Å². The van der Waals surface area contributed by atoms with E-state index in [1.54, 1.807) is 20.8 Å². The van der Waals surface area contributed by atoms with Gasteiger partial charge >= 0.3 is 16.2 Å². The van der Waals surface area contributed by atoms with Crippen LogP contribution in [-0.2, 0) is 33.9 Å². The summed E-state index contributed by atoms with van der Waals surface area (Å²) in [6.07, 6.45) is -1.59. The first kappa shape index (κ1) is 35.7. The van der Waals surface area contributed by atoms with Gasteiger partial charge in [-0.3, -0.25) is 29.2 Å². The Balaban J connectivity index is 1.58. The third-order valence-corrected chi connectivity index (χ3v) is 10.9. The van der Waals surface area contributed by atoms with Crippen LogP contribution in [0.1, 0.15) is 46.5 Å². The number of nitrogens with zero attached hydrogens (tertiary/aromatic N) is 4. The first-order valence-corrected chi connectivity index (χ1v) is 17.5.